The predicted molar refractivity (Wildman–Crippen MR) is 106 cm³/mol. The van der Waals surface area contributed by atoms with Gasteiger partial charge in [-0.15, -0.1) is 0 Å². The average Bonchev–Trinajstić information content (AvgIpc) is 2.84. The Bertz CT molecular complexity index is 983. The number of ether oxygens (including phenoxy) is 1. The minimum atomic E-state index is 0.158. The summed E-state index contributed by atoms with van der Waals surface area (Å²) in [5.74, 6) is 1.71. The van der Waals surface area contributed by atoms with Gasteiger partial charge in [0.05, 0.1) is 6.54 Å². The Morgan fingerprint density at radius 2 is 1.93 bits per heavy atom. The number of benzene rings is 2. The van der Waals surface area contributed by atoms with Crippen LogP contribution in [0.2, 0.25) is 0 Å². The van der Waals surface area contributed by atoms with Crippen molar-refractivity contribution in [1.82, 2.24) is 9.97 Å². The molecule has 0 fully saturated rings. The number of phenolic OH excluding ortho intramolecular Hbond substituents is 1. The molecule has 0 spiro atoms. The molecule has 2 aromatic carbocycles. The molecule has 1 aliphatic heterocycles. The normalized spacial score (nSPS) is 13.6. The van der Waals surface area contributed by atoms with Crippen molar-refractivity contribution in [2.45, 2.75) is 20.4 Å². The van der Waals surface area contributed by atoms with Crippen molar-refractivity contribution in [3.63, 3.8) is 0 Å². The Morgan fingerprint density at radius 1 is 1.11 bits per heavy atom. The summed E-state index contributed by atoms with van der Waals surface area (Å²) in [4.78, 5) is 10.6. The molecule has 27 heavy (non-hydrogen) atoms. The second kappa shape index (κ2) is 6.79. The summed E-state index contributed by atoms with van der Waals surface area (Å²) in [5, 5.41) is 10.6. The second-order valence-corrected chi connectivity index (χ2v) is 6.79. The van der Waals surface area contributed by atoms with E-state index in [0.29, 0.717) is 25.4 Å². The van der Waals surface area contributed by atoms with E-state index >= 15 is 0 Å². The highest BCUT2D eigenvalue weighted by atomic mass is 16.5. The molecule has 3 aromatic rings. The number of hydrogen-bond donors (Lipinski definition) is 2. The molecule has 3 N–H and O–H groups in total. The summed E-state index contributed by atoms with van der Waals surface area (Å²) in [5.41, 5.74) is 10.8. The van der Waals surface area contributed by atoms with E-state index in [1.165, 1.54) is 0 Å². The SMILES string of the molecule is Cc1cc(N2CCOc3c(O)cc(-c4ccccc4C)cc3C2)nc(N)n1. The molecule has 0 unspecified atom stereocenters. The molecule has 138 valence electrons. The van der Waals surface area contributed by atoms with Gasteiger partial charge >= 0.3 is 0 Å². The number of aromatic hydroxyl groups is 1. The molecule has 0 amide bonds. The van der Waals surface area contributed by atoms with Crippen molar-refractivity contribution < 1.29 is 9.84 Å². The third kappa shape index (κ3) is 3.38. The zero-order chi connectivity index (χ0) is 19.0. The van der Waals surface area contributed by atoms with E-state index < -0.39 is 0 Å². The number of nitrogen functional groups attached to an aromatic ring is 1. The number of fused-ring (bicyclic) bond motifs is 1. The quantitative estimate of drug-likeness (QED) is 0.726. The zero-order valence-electron chi connectivity index (χ0n) is 15.4. The van der Waals surface area contributed by atoms with E-state index in [9.17, 15) is 5.11 Å². The Hall–Kier alpha value is -3.28. The first-order valence-corrected chi connectivity index (χ1v) is 8.92. The summed E-state index contributed by atoms with van der Waals surface area (Å²) in [6, 6.07) is 13.9. The number of nitrogens with zero attached hydrogens (tertiary/aromatic N) is 3. The maximum absolute atomic E-state index is 10.6. The Morgan fingerprint density at radius 3 is 2.70 bits per heavy atom. The lowest BCUT2D eigenvalue weighted by Gasteiger charge is -2.21. The summed E-state index contributed by atoms with van der Waals surface area (Å²) >= 11 is 0. The van der Waals surface area contributed by atoms with Gasteiger partial charge in [-0.2, -0.15) is 4.98 Å². The largest absolute Gasteiger partial charge is 0.504 e. The van der Waals surface area contributed by atoms with Crippen molar-refractivity contribution in [3.8, 4) is 22.6 Å². The minimum absolute atomic E-state index is 0.158. The van der Waals surface area contributed by atoms with Crippen LogP contribution < -0.4 is 15.4 Å². The Kier molecular flexibility index (Phi) is 4.32. The van der Waals surface area contributed by atoms with Gasteiger partial charge in [-0.25, -0.2) is 4.98 Å². The van der Waals surface area contributed by atoms with Gasteiger partial charge in [-0.3, -0.25) is 0 Å². The highest BCUT2D eigenvalue weighted by Crippen LogP contribution is 2.38. The molecule has 0 atom stereocenters. The zero-order valence-corrected chi connectivity index (χ0v) is 15.4. The van der Waals surface area contributed by atoms with Gasteiger partial charge in [0.15, 0.2) is 11.5 Å². The topological polar surface area (TPSA) is 84.5 Å². The molecule has 1 aliphatic rings. The summed E-state index contributed by atoms with van der Waals surface area (Å²) in [7, 11) is 0. The van der Waals surface area contributed by atoms with Crippen molar-refractivity contribution >= 4 is 11.8 Å². The predicted octanol–water partition coefficient (Wildman–Crippen LogP) is 3.45. The Labute approximate surface area is 158 Å². The third-order valence-electron chi connectivity index (χ3n) is 4.75. The maximum Gasteiger partial charge on any atom is 0.222 e. The van der Waals surface area contributed by atoms with Crippen LogP contribution in [0.3, 0.4) is 0 Å². The maximum atomic E-state index is 10.6. The average molecular weight is 362 g/mol. The van der Waals surface area contributed by atoms with Crippen molar-refractivity contribution in [2.24, 2.45) is 0 Å². The van der Waals surface area contributed by atoms with Gasteiger partial charge in [-0.05, 0) is 42.7 Å². The lowest BCUT2D eigenvalue weighted by atomic mass is 9.98. The van der Waals surface area contributed by atoms with Crippen molar-refractivity contribution in [1.29, 1.82) is 0 Å². The second-order valence-electron chi connectivity index (χ2n) is 6.79. The minimum Gasteiger partial charge on any atom is -0.504 e. The van der Waals surface area contributed by atoms with Gasteiger partial charge in [0.25, 0.3) is 0 Å². The molecule has 2 heterocycles. The highest BCUT2D eigenvalue weighted by Gasteiger charge is 2.21. The number of anilines is 2. The van der Waals surface area contributed by atoms with E-state index in [1.807, 2.05) is 25.1 Å². The third-order valence-corrected chi connectivity index (χ3v) is 4.75. The fourth-order valence-electron chi connectivity index (χ4n) is 3.48. The smallest absolute Gasteiger partial charge is 0.222 e. The molecule has 0 saturated heterocycles. The van der Waals surface area contributed by atoms with Crippen LogP contribution in [0.25, 0.3) is 11.1 Å². The monoisotopic (exact) mass is 362 g/mol. The van der Waals surface area contributed by atoms with Gasteiger partial charge in [0, 0.05) is 23.9 Å². The van der Waals surface area contributed by atoms with Crippen LogP contribution in [-0.4, -0.2) is 28.2 Å². The van der Waals surface area contributed by atoms with Crippen LogP contribution in [0, 0.1) is 13.8 Å². The van der Waals surface area contributed by atoms with Crippen LogP contribution in [0.15, 0.2) is 42.5 Å². The fourth-order valence-corrected chi connectivity index (χ4v) is 3.48. The summed E-state index contributed by atoms with van der Waals surface area (Å²) < 4.78 is 5.85. The van der Waals surface area contributed by atoms with Crippen LogP contribution in [0.1, 0.15) is 16.8 Å². The number of rotatable bonds is 2. The van der Waals surface area contributed by atoms with Gasteiger partial charge in [-0.1, -0.05) is 24.3 Å². The molecule has 6 heteroatoms. The van der Waals surface area contributed by atoms with Crippen LogP contribution >= 0.6 is 0 Å². The molecular weight excluding hydrogens is 340 g/mol. The van der Waals surface area contributed by atoms with Gasteiger partial charge < -0.3 is 20.5 Å². The molecule has 0 radical (unpaired) electrons. The van der Waals surface area contributed by atoms with Crippen molar-refractivity contribution in [3.05, 3.63) is 59.3 Å². The van der Waals surface area contributed by atoms with E-state index in [0.717, 1.165) is 33.8 Å². The summed E-state index contributed by atoms with van der Waals surface area (Å²) in [6.07, 6.45) is 0. The van der Waals surface area contributed by atoms with Crippen LogP contribution in [-0.2, 0) is 6.54 Å². The molecule has 1 aromatic heterocycles. The van der Waals surface area contributed by atoms with Gasteiger partial charge in [0.1, 0.15) is 12.4 Å². The lowest BCUT2D eigenvalue weighted by molar-refractivity contribution is 0.311. The number of nitrogens with two attached hydrogens (primary N) is 1. The van der Waals surface area contributed by atoms with E-state index in [1.54, 1.807) is 6.07 Å². The number of aryl methyl sites for hydroxylation is 2. The number of aromatic nitrogens is 2. The number of phenols is 1. The first-order valence-electron chi connectivity index (χ1n) is 8.92. The fraction of sp³-hybridized carbons (Fsp3) is 0.238. The first-order chi connectivity index (χ1) is 13.0. The van der Waals surface area contributed by atoms with Crippen molar-refractivity contribution in [2.75, 3.05) is 23.8 Å². The van der Waals surface area contributed by atoms with Crippen LogP contribution in [0.5, 0.6) is 11.5 Å². The highest BCUT2D eigenvalue weighted by molar-refractivity contribution is 5.72. The molecule has 6 nitrogen and oxygen atoms in total. The molecule has 0 aliphatic carbocycles. The molecule has 4 rings (SSSR count). The van der Waals surface area contributed by atoms with E-state index in [-0.39, 0.29) is 11.7 Å². The Balaban J connectivity index is 1.76. The van der Waals surface area contributed by atoms with Gasteiger partial charge in [0.2, 0.25) is 5.95 Å². The van der Waals surface area contributed by atoms with E-state index in [2.05, 4.69) is 40.0 Å². The van der Waals surface area contributed by atoms with Crippen LogP contribution in [0.4, 0.5) is 11.8 Å². The number of hydrogen-bond acceptors (Lipinski definition) is 6. The lowest BCUT2D eigenvalue weighted by Crippen LogP contribution is -2.26. The first kappa shape index (κ1) is 17.1. The van der Waals surface area contributed by atoms with E-state index in [4.69, 9.17) is 10.5 Å². The standard InChI is InChI=1S/C21H22N4O2/c1-13-5-3-4-6-17(13)15-10-16-12-25(7-8-27-20(16)18(26)11-15)19-9-14(2)23-21(22)24-19/h3-6,9-11,26H,7-8,12H2,1-2H3,(H2,22,23,24). The molecule has 0 bridgehead atoms. The summed E-state index contributed by atoms with van der Waals surface area (Å²) in [6.45, 7) is 5.62. The molecule has 0 saturated carbocycles. The molecular formula is C21H22N4O2.